The Labute approximate surface area is 111 Å². The van der Waals surface area contributed by atoms with Crippen LogP contribution in [0.4, 0.5) is 4.39 Å². The number of carboxylic acid groups (broad SMARTS) is 1. The van der Waals surface area contributed by atoms with E-state index in [0.717, 1.165) is 11.6 Å². The van der Waals surface area contributed by atoms with Crippen molar-refractivity contribution in [3.8, 4) is 0 Å². The largest absolute Gasteiger partial charge is 0.478 e. The standard InChI is InChI=1S/C14H17FO4/c1-2-18-7-8-19-10-12-3-5-13(15)9-11(12)4-6-14(16)17/h3-6,9H,2,7-8,10H2,1H3,(H,16,17)/b6-4+. The summed E-state index contributed by atoms with van der Waals surface area (Å²) in [4.78, 5) is 10.5. The summed E-state index contributed by atoms with van der Waals surface area (Å²) in [6, 6.07) is 4.18. The number of ether oxygens (including phenoxy) is 2. The minimum absolute atomic E-state index is 0.284. The molecule has 19 heavy (non-hydrogen) atoms. The van der Waals surface area contributed by atoms with Crippen molar-refractivity contribution in [2.45, 2.75) is 13.5 Å². The van der Waals surface area contributed by atoms with Crippen molar-refractivity contribution in [2.24, 2.45) is 0 Å². The van der Waals surface area contributed by atoms with Gasteiger partial charge in [-0.25, -0.2) is 9.18 Å². The second kappa shape index (κ2) is 8.39. The summed E-state index contributed by atoms with van der Waals surface area (Å²) in [7, 11) is 0. The third-order valence-corrected chi connectivity index (χ3v) is 2.35. The molecule has 0 saturated carbocycles. The van der Waals surface area contributed by atoms with E-state index in [1.165, 1.54) is 18.2 Å². The molecule has 0 saturated heterocycles. The van der Waals surface area contributed by atoms with Crippen LogP contribution >= 0.6 is 0 Å². The molecule has 0 aliphatic carbocycles. The van der Waals surface area contributed by atoms with Crippen LogP contribution in [-0.4, -0.2) is 30.9 Å². The van der Waals surface area contributed by atoms with Gasteiger partial charge in [-0.15, -0.1) is 0 Å². The van der Waals surface area contributed by atoms with Crippen molar-refractivity contribution in [2.75, 3.05) is 19.8 Å². The van der Waals surface area contributed by atoms with Gasteiger partial charge < -0.3 is 14.6 Å². The zero-order chi connectivity index (χ0) is 14.1. The molecule has 1 aromatic carbocycles. The van der Waals surface area contributed by atoms with Crippen LogP contribution in [0.25, 0.3) is 6.08 Å². The second-order valence-corrected chi connectivity index (χ2v) is 3.76. The number of benzene rings is 1. The average Bonchev–Trinajstić information content (AvgIpc) is 2.38. The lowest BCUT2D eigenvalue weighted by Crippen LogP contribution is -2.04. The van der Waals surface area contributed by atoms with Gasteiger partial charge in [0.15, 0.2) is 0 Å². The van der Waals surface area contributed by atoms with Crippen LogP contribution in [0.3, 0.4) is 0 Å². The van der Waals surface area contributed by atoms with Gasteiger partial charge in [0.05, 0.1) is 19.8 Å². The molecule has 0 aromatic heterocycles. The number of carbonyl (C=O) groups is 1. The highest BCUT2D eigenvalue weighted by Gasteiger charge is 2.03. The van der Waals surface area contributed by atoms with Crippen molar-refractivity contribution in [1.82, 2.24) is 0 Å². The van der Waals surface area contributed by atoms with E-state index in [-0.39, 0.29) is 6.61 Å². The van der Waals surface area contributed by atoms with Crippen LogP contribution < -0.4 is 0 Å². The number of hydrogen-bond acceptors (Lipinski definition) is 3. The molecule has 0 atom stereocenters. The molecule has 0 aliphatic heterocycles. The molecule has 0 spiro atoms. The third kappa shape index (κ3) is 6.13. The van der Waals surface area contributed by atoms with Gasteiger partial charge in [0.2, 0.25) is 0 Å². The molecule has 1 rings (SSSR count). The van der Waals surface area contributed by atoms with E-state index < -0.39 is 11.8 Å². The van der Waals surface area contributed by atoms with Crippen LogP contribution in [0.5, 0.6) is 0 Å². The Morgan fingerprint density at radius 1 is 1.37 bits per heavy atom. The zero-order valence-electron chi connectivity index (χ0n) is 10.8. The summed E-state index contributed by atoms with van der Waals surface area (Å²) in [5.74, 6) is -1.49. The maximum Gasteiger partial charge on any atom is 0.328 e. The summed E-state index contributed by atoms with van der Waals surface area (Å²) >= 11 is 0. The SMILES string of the molecule is CCOCCOCc1ccc(F)cc1/C=C/C(=O)O. The molecule has 0 aliphatic rings. The number of hydrogen-bond donors (Lipinski definition) is 1. The van der Waals surface area contributed by atoms with E-state index in [1.807, 2.05) is 6.92 Å². The van der Waals surface area contributed by atoms with Crippen LogP contribution in [0.2, 0.25) is 0 Å². The van der Waals surface area contributed by atoms with E-state index in [0.29, 0.717) is 25.4 Å². The molecule has 0 unspecified atom stereocenters. The highest BCUT2D eigenvalue weighted by atomic mass is 19.1. The predicted octanol–water partition coefficient (Wildman–Crippen LogP) is 2.48. The second-order valence-electron chi connectivity index (χ2n) is 3.76. The van der Waals surface area contributed by atoms with E-state index in [1.54, 1.807) is 6.07 Å². The Kier molecular flexibility index (Phi) is 6.78. The van der Waals surface area contributed by atoms with Gasteiger partial charge in [-0.3, -0.25) is 0 Å². The smallest absolute Gasteiger partial charge is 0.328 e. The first-order valence-electron chi connectivity index (χ1n) is 5.98. The monoisotopic (exact) mass is 268 g/mol. The fourth-order valence-electron chi connectivity index (χ4n) is 1.46. The lowest BCUT2D eigenvalue weighted by Gasteiger charge is -2.08. The van der Waals surface area contributed by atoms with Crippen molar-refractivity contribution < 1.29 is 23.8 Å². The molecule has 104 valence electrons. The molecule has 0 radical (unpaired) electrons. The maximum atomic E-state index is 13.1. The van der Waals surface area contributed by atoms with Gasteiger partial charge in [0.25, 0.3) is 0 Å². The number of halogens is 1. The highest BCUT2D eigenvalue weighted by Crippen LogP contribution is 2.14. The normalized spacial score (nSPS) is 11.1. The zero-order valence-corrected chi connectivity index (χ0v) is 10.8. The summed E-state index contributed by atoms with van der Waals surface area (Å²) in [5, 5.41) is 8.58. The van der Waals surface area contributed by atoms with Crippen LogP contribution in [0.15, 0.2) is 24.3 Å². The highest BCUT2D eigenvalue weighted by molar-refractivity contribution is 5.85. The first-order chi connectivity index (χ1) is 9.13. The number of carboxylic acids is 1. The number of aliphatic carboxylic acids is 1. The topological polar surface area (TPSA) is 55.8 Å². The predicted molar refractivity (Wildman–Crippen MR) is 69.2 cm³/mol. The molecular weight excluding hydrogens is 251 g/mol. The first kappa shape index (κ1) is 15.3. The van der Waals surface area contributed by atoms with Crippen molar-refractivity contribution >= 4 is 12.0 Å². The lowest BCUT2D eigenvalue weighted by molar-refractivity contribution is -0.131. The fraction of sp³-hybridized carbons (Fsp3) is 0.357. The summed E-state index contributed by atoms with van der Waals surface area (Å²) in [6.45, 7) is 3.75. The van der Waals surface area contributed by atoms with Crippen LogP contribution in [0, 0.1) is 5.82 Å². The lowest BCUT2D eigenvalue weighted by atomic mass is 10.1. The van der Waals surface area contributed by atoms with Gasteiger partial charge in [-0.1, -0.05) is 6.07 Å². The van der Waals surface area contributed by atoms with Gasteiger partial charge in [0.1, 0.15) is 5.82 Å². The molecule has 1 N–H and O–H groups in total. The Bertz CT molecular complexity index is 443. The molecule has 0 heterocycles. The van der Waals surface area contributed by atoms with Crippen molar-refractivity contribution in [3.05, 3.63) is 41.2 Å². The molecule has 0 bridgehead atoms. The molecular formula is C14H17FO4. The Hall–Kier alpha value is -1.72. The number of rotatable bonds is 8. The molecule has 0 fully saturated rings. The molecule has 0 amide bonds. The minimum Gasteiger partial charge on any atom is -0.478 e. The summed E-state index contributed by atoms with van der Waals surface area (Å²) in [6.07, 6.45) is 2.32. The maximum absolute atomic E-state index is 13.1. The molecule has 4 nitrogen and oxygen atoms in total. The van der Waals surface area contributed by atoms with Gasteiger partial charge >= 0.3 is 5.97 Å². The van der Waals surface area contributed by atoms with E-state index in [9.17, 15) is 9.18 Å². The first-order valence-corrected chi connectivity index (χ1v) is 5.98. The third-order valence-electron chi connectivity index (χ3n) is 2.35. The van der Waals surface area contributed by atoms with Gasteiger partial charge in [-0.2, -0.15) is 0 Å². The van der Waals surface area contributed by atoms with Gasteiger partial charge in [0, 0.05) is 12.7 Å². The van der Waals surface area contributed by atoms with Crippen molar-refractivity contribution in [3.63, 3.8) is 0 Å². The van der Waals surface area contributed by atoms with E-state index >= 15 is 0 Å². The Balaban J connectivity index is 2.63. The Morgan fingerprint density at radius 3 is 2.79 bits per heavy atom. The summed E-state index contributed by atoms with van der Waals surface area (Å²) < 4.78 is 23.6. The van der Waals surface area contributed by atoms with E-state index in [4.69, 9.17) is 14.6 Å². The summed E-state index contributed by atoms with van der Waals surface area (Å²) in [5.41, 5.74) is 1.23. The fourth-order valence-corrected chi connectivity index (χ4v) is 1.46. The van der Waals surface area contributed by atoms with E-state index in [2.05, 4.69) is 0 Å². The quantitative estimate of drug-likeness (QED) is 0.581. The molecule has 5 heteroatoms. The van der Waals surface area contributed by atoms with Gasteiger partial charge in [-0.05, 0) is 36.3 Å². The van der Waals surface area contributed by atoms with Crippen LogP contribution in [-0.2, 0) is 20.9 Å². The van der Waals surface area contributed by atoms with Crippen molar-refractivity contribution in [1.29, 1.82) is 0 Å². The Morgan fingerprint density at radius 2 is 2.11 bits per heavy atom. The minimum atomic E-state index is -1.08. The average molecular weight is 268 g/mol. The molecule has 1 aromatic rings. The van der Waals surface area contributed by atoms with Crippen LogP contribution in [0.1, 0.15) is 18.1 Å².